The molecule has 0 fully saturated rings. The lowest BCUT2D eigenvalue weighted by atomic mass is 9.95. The Morgan fingerprint density at radius 3 is 2.38 bits per heavy atom. The van der Waals surface area contributed by atoms with E-state index in [-0.39, 0.29) is 17.9 Å². The van der Waals surface area contributed by atoms with Gasteiger partial charge in [0.25, 0.3) is 5.91 Å². The zero-order chi connectivity index (χ0) is 21.9. The molecule has 0 saturated carbocycles. The van der Waals surface area contributed by atoms with Crippen LogP contribution in [0.25, 0.3) is 0 Å². The van der Waals surface area contributed by atoms with Gasteiger partial charge in [-0.25, -0.2) is 4.79 Å². The van der Waals surface area contributed by atoms with Gasteiger partial charge in [-0.05, 0) is 45.7 Å². The maximum absolute atomic E-state index is 13.1. The average molecular weight is 405 g/mol. The van der Waals surface area contributed by atoms with Gasteiger partial charge < -0.3 is 25.6 Å². The largest absolute Gasteiger partial charge is 0.444 e. The van der Waals surface area contributed by atoms with Gasteiger partial charge in [0.1, 0.15) is 17.7 Å². The Labute approximate surface area is 172 Å². The molecular formula is C21H32N4O4. The number of carbonyl (C=O) groups is 3. The highest BCUT2D eigenvalue weighted by Gasteiger charge is 2.38. The summed E-state index contributed by atoms with van der Waals surface area (Å²) in [6.07, 6.45) is -0.685. The Kier molecular flexibility index (Phi) is 6.77. The molecule has 1 aliphatic rings. The molecule has 160 valence electrons. The van der Waals surface area contributed by atoms with Gasteiger partial charge in [-0.2, -0.15) is 0 Å². The van der Waals surface area contributed by atoms with Crippen molar-refractivity contribution in [2.45, 2.75) is 65.3 Å². The van der Waals surface area contributed by atoms with Crippen LogP contribution in [-0.2, 0) is 14.3 Å². The third-order valence-corrected chi connectivity index (χ3v) is 4.69. The predicted molar refractivity (Wildman–Crippen MR) is 113 cm³/mol. The second kappa shape index (κ2) is 8.71. The smallest absolute Gasteiger partial charge is 0.408 e. The monoisotopic (exact) mass is 404 g/mol. The Balaban J connectivity index is 2.18. The van der Waals surface area contributed by atoms with E-state index in [1.807, 2.05) is 38.1 Å². The van der Waals surface area contributed by atoms with Gasteiger partial charge in [0.15, 0.2) is 0 Å². The van der Waals surface area contributed by atoms with Crippen molar-refractivity contribution in [3.63, 3.8) is 0 Å². The van der Waals surface area contributed by atoms with Gasteiger partial charge in [-0.15, -0.1) is 0 Å². The van der Waals surface area contributed by atoms with E-state index in [0.29, 0.717) is 0 Å². The van der Waals surface area contributed by atoms with Crippen LogP contribution in [0.5, 0.6) is 0 Å². The number of anilines is 2. The van der Waals surface area contributed by atoms with Crippen LogP contribution in [-0.4, -0.2) is 48.7 Å². The van der Waals surface area contributed by atoms with E-state index in [2.05, 4.69) is 16.0 Å². The van der Waals surface area contributed by atoms with E-state index >= 15 is 0 Å². The topological polar surface area (TPSA) is 99.8 Å². The van der Waals surface area contributed by atoms with E-state index in [4.69, 9.17) is 4.74 Å². The Morgan fingerprint density at radius 1 is 1.17 bits per heavy atom. The first-order chi connectivity index (χ1) is 13.4. The van der Waals surface area contributed by atoms with Crippen LogP contribution >= 0.6 is 0 Å². The second-order valence-corrected chi connectivity index (χ2v) is 8.68. The van der Waals surface area contributed by atoms with E-state index in [9.17, 15) is 14.4 Å². The molecule has 3 N–H and O–H groups in total. The minimum absolute atomic E-state index is 0.0675. The number of hydrogen-bond acceptors (Lipinski definition) is 5. The molecule has 1 aliphatic heterocycles. The standard InChI is InChI=1S/C21H32N4O4/c1-12(2)16-17(19(27)25(7)15-11-9-8-10-14(15)23-16)24-18(26)13(3)22-20(28)29-21(4,5)6/h8-13,16-17,23H,1-7H3,(H,22,28)(H,24,26)/t13-,16?,17?/m0/s1. The molecule has 0 spiro atoms. The Hall–Kier alpha value is -2.77. The van der Waals surface area contributed by atoms with Crippen LogP contribution in [0.4, 0.5) is 16.2 Å². The first-order valence-electron chi connectivity index (χ1n) is 9.83. The molecule has 1 heterocycles. The molecule has 0 radical (unpaired) electrons. The summed E-state index contributed by atoms with van der Waals surface area (Å²) in [6.45, 7) is 10.8. The highest BCUT2D eigenvalue weighted by molar-refractivity contribution is 6.03. The lowest BCUT2D eigenvalue weighted by Gasteiger charge is -2.31. The molecule has 0 aromatic heterocycles. The number of para-hydroxylation sites is 2. The zero-order valence-electron chi connectivity index (χ0n) is 18.2. The molecule has 1 aromatic carbocycles. The summed E-state index contributed by atoms with van der Waals surface area (Å²) in [7, 11) is 1.69. The molecule has 8 nitrogen and oxygen atoms in total. The zero-order valence-corrected chi connectivity index (χ0v) is 18.2. The van der Waals surface area contributed by atoms with Crippen molar-refractivity contribution in [3.05, 3.63) is 24.3 Å². The summed E-state index contributed by atoms with van der Waals surface area (Å²) < 4.78 is 5.19. The van der Waals surface area contributed by atoms with Crippen molar-refractivity contribution in [3.8, 4) is 0 Å². The molecular weight excluding hydrogens is 372 g/mol. The third kappa shape index (κ3) is 5.62. The van der Waals surface area contributed by atoms with Crippen molar-refractivity contribution >= 4 is 29.3 Å². The van der Waals surface area contributed by atoms with Crippen LogP contribution in [0.2, 0.25) is 0 Å². The summed E-state index contributed by atoms with van der Waals surface area (Å²) in [5, 5.41) is 8.72. The second-order valence-electron chi connectivity index (χ2n) is 8.68. The number of alkyl carbamates (subject to hydrolysis) is 1. The number of amides is 3. The van der Waals surface area contributed by atoms with Crippen molar-refractivity contribution in [1.29, 1.82) is 0 Å². The average Bonchev–Trinajstić information content (AvgIpc) is 2.70. The molecule has 8 heteroatoms. The number of likely N-dealkylation sites (N-methyl/N-ethyl adjacent to an activating group) is 1. The van der Waals surface area contributed by atoms with Crippen molar-refractivity contribution in [2.24, 2.45) is 5.92 Å². The first-order valence-corrected chi connectivity index (χ1v) is 9.83. The predicted octanol–water partition coefficient (Wildman–Crippen LogP) is 2.50. The Bertz CT molecular complexity index is 772. The number of nitrogens with zero attached hydrogens (tertiary/aromatic N) is 1. The lowest BCUT2D eigenvalue weighted by Crippen LogP contribution is -2.59. The molecule has 0 saturated heterocycles. The quantitative estimate of drug-likeness (QED) is 0.716. The van der Waals surface area contributed by atoms with Crippen molar-refractivity contribution in [2.75, 3.05) is 17.3 Å². The number of hydrogen-bond donors (Lipinski definition) is 3. The number of ether oxygens (including phenoxy) is 1. The summed E-state index contributed by atoms with van der Waals surface area (Å²) in [6, 6.07) is 5.56. The summed E-state index contributed by atoms with van der Waals surface area (Å²) >= 11 is 0. The minimum atomic E-state index is -0.860. The van der Waals surface area contributed by atoms with Gasteiger partial charge in [-0.1, -0.05) is 26.0 Å². The lowest BCUT2D eigenvalue weighted by molar-refractivity contribution is -0.128. The van der Waals surface area contributed by atoms with Crippen molar-refractivity contribution < 1.29 is 19.1 Å². The van der Waals surface area contributed by atoms with E-state index in [1.54, 1.807) is 39.6 Å². The van der Waals surface area contributed by atoms with Crippen LogP contribution < -0.4 is 20.9 Å². The molecule has 3 amide bonds. The number of fused-ring (bicyclic) bond motifs is 1. The van der Waals surface area contributed by atoms with E-state index in [0.717, 1.165) is 11.4 Å². The number of nitrogens with one attached hydrogen (secondary N) is 3. The molecule has 2 unspecified atom stereocenters. The normalized spacial score (nSPS) is 20.3. The fourth-order valence-corrected chi connectivity index (χ4v) is 3.16. The highest BCUT2D eigenvalue weighted by atomic mass is 16.6. The first kappa shape index (κ1) is 22.5. The molecule has 2 rings (SSSR count). The number of benzene rings is 1. The number of carbonyl (C=O) groups excluding carboxylic acids is 3. The summed E-state index contributed by atoms with van der Waals surface area (Å²) in [5.74, 6) is -0.613. The SMILES string of the molecule is CC(C)C1Nc2ccccc2N(C)C(=O)C1NC(=O)[C@H](C)NC(=O)OC(C)(C)C. The van der Waals surface area contributed by atoms with Crippen LogP contribution in [0.3, 0.4) is 0 Å². The maximum atomic E-state index is 13.1. The van der Waals surface area contributed by atoms with Crippen LogP contribution in [0.15, 0.2) is 24.3 Å². The van der Waals surface area contributed by atoms with Gasteiger partial charge in [0.2, 0.25) is 5.91 Å². The molecule has 3 atom stereocenters. The fourth-order valence-electron chi connectivity index (χ4n) is 3.16. The number of rotatable bonds is 4. The Morgan fingerprint density at radius 2 is 1.79 bits per heavy atom. The fraction of sp³-hybridized carbons (Fsp3) is 0.571. The van der Waals surface area contributed by atoms with Crippen LogP contribution in [0, 0.1) is 5.92 Å². The van der Waals surface area contributed by atoms with E-state index < -0.39 is 29.7 Å². The molecule has 29 heavy (non-hydrogen) atoms. The molecule has 1 aromatic rings. The van der Waals surface area contributed by atoms with Gasteiger partial charge >= 0.3 is 6.09 Å². The van der Waals surface area contributed by atoms with Crippen molar-refractivity contribution in [1.82, 2.24) is 10.6 Å². The van der Waals surface area contributed by atoms with Gasteiger partial charge in [0.05, 0.1) is 17.4 Å². The summed E-state index contributed by atoms with van der Waals surface area (Å²) in [5.41, 5.74) is 0.914. The maximum Gasteiger partial charge on any atom is 0.408 e. The van der Waals surface area contributed by atoms with E-state index in [1.165, 1.54) is 0 Å². The highest BCUT2D eigenvalue weighted by Crippen LogP contribution is 2.31. The minimum Gasteiger partial charge on any atom is -0.444 e. The molecule has 0 bridgehead atoms. The molecule has 0 aliphatic carbocycles. The van der Waals surface area contributed by atoms with Gasteiger partial charge in [-0.3, -0.25) is 9.59 Å². The van der Waals surface area contributed by atoms with Gasteiger partial charge in [0, 0.05) is 7.05 Å². The third-order valence-electron chi connectivity index (χ3n) is 4.69. The van der Waals surface area contributed by atoms with Crippen LogP contribution in [0.1, 0.15) is 41.5 Å². The summed E-state index contributed by atoms with van der Waals surface area (Å²) in [4.78, 5) is 39.4.